The first-order valence-electron chi connectivity index (χ1n) is 4.49. The summed E-state index contributed by atoms with van der Waals surface area (Å²) in [5, 5.41) is 2.06. The van der Waals surface area contributed by atoms with Gasteiger partial charge >= 0.3 is 0 Å². The topological polar surface area (TPSA) is 38.9 Å². The van der Waals surface area contributed by atoms with E-state index in [-0.39, 0.29) is 6.04 Å². The molecule has 0 amide bonds. The van der Waals surface area contributed by atoms with Crippen molar-refractivity contribution in [2.24, 2.45) is 5.73 Å². The molecule has 2 heterocycles. The monoisotopic (exact) mass is 204 g/mol. The molecule has 0 saturated heterocycles. The van der Waals surface area contributed by atoms with Crippen LogP contribution in [-0.2, 0) is 0 Å². The smallest absolute Gasteiger partial charge is 0.0822 e. The largest absolute Gasteiger partial charge is 0.318 e. The number of thiophene rings is 1. The summed E-state index contributed by atoms with van der Waals surface area (Å²) in [5.74, 6) is 0. The molecule has 0 aliphatic carbocycles. The van der Waals surface area contributed by atoms with Gasteiger partial charge in [0.2, 0.25) is 0 Å². The highest BCUT2D eigenvalue weighted by Gasteiger charge is 2.12. The Morgan fingerprint density at radius 1 is 1.36 bits per heavy atom. The maximum absolute atomic E-state index is 6.11. The maximum atomic E-state index is 6.11. The molecule has 0 aliphatic rings. The zero-order valence-corrected chi connectivity index (χ0v) is 8.79. The molecule has 0 aliphatic heterocycles. The molecule has 0 bridgehead atoms. The van der Waals surface area contributed by atoms with Crippen molar-refractivity contribution in [1.29, 1.82) is 0 Å². The lowest BCUT2D eigenvalue weighted by atomic mass is 10.1. The summed E-state index contributed by atoms with van der Waals surface area (Å²) in [6.07, 6.45) is 1.78. The van der Waals surface area contributed by atoms with E-state index < -0.39 is 0 Å². The minimum atomic E-state index is -0.0869. The first-order chi connectivity index (χ1) is 6.79. The molecule has 0 saturated carbocycles. The summed E-state index contributed by atoms with van der Waals surface area (Å²) in [6.45, 7) is 2.08. The molecule has 72 valence electrons. The van der Waals surface area contributed by atoms with E-state index in [2.05, 4.69) is 23.4 Å². The minimum absolute atomic E-state index is 0.0869. The van der Waals surface area contributed by atoms with Crippen molar-refractivity contribution < 1.29 is 0 Å². The Morgan fingerprint density at radius 3 is 2.79 bits per heavy atom. The van der Waals surface area contributed by atoms with Gasteiger partial charge in [-0.25, -0.2) is 0 Å². The van der Waals surface area contributed by atoms with E-state index in [0.717, 1.165) is 5.69 Å². The van der Waals surface area contributed by atoms with Gasteiger partial charge in [0.25, 0.3) is 0 Å². The van der Waals surface area contributed by atoms with Crippen molar-refractivity contribution in [3.63, 3.8) is 0 Å². The standard InChI is InChI=1S/C11H12N2S/c1-8-5-7-14-11(8)10(12)9-4-2-3-6-13-9/h2-7,10H,12H2,1H3. The van der Waals surface area contributed by atoms with Crippen LogP contribution in [0, 0.1) is 6.92 Å². The molecule has 1 atom stereocenters. The predicted octanol–water partition coefficient (Wildman–Crippen LogP) is 2.50. The number of pyridine rings is 1. The van der Waals surface area contributed by atoms with Crippen LogP contribution in [0.4, 0.5) is 0 Å². The zero-order valence-electron chi connectivity index (χ0n) is 7.97. The molecule has 2 rings (SSSR count). The quantitative estimate of drug-likeness (QED) is 0.816. The van der Waals surface area contributed by atoms with E-state index in [1.807, 2.05) is 18.2 Å². The SMILES string of the molecule is Cc1ccsc1C(N)c1ccccn1. The van der Waals surface area contributed by atoms with Crippen LogP contribution in [0.2, 0.25) is 0 Å². The molecule has 3 heteroatoms. The highest BCUT2D eigenvalue weighted by atomic mass is 32.1. The van der Waals surface area contributed by atoms with Gasteiger partial charge in [-0.2, -0.15) is 0 Å². The predicted molar refractivity (Wildman–Crippen MR) is 59.3 cm³/mol. The van der Waals surface area contributed by atoms with Crippen LogP contribution in [-0.4, -0.2) is 4.98 Å². The first kappa shape index (κ1) is 9.37. The Bertz CT molecular complexity index is 408. The molecule has 0 radical (unpaired) electrons. The van der Waals surface area contributed by atoms with Crippen LogP contribution in [0.1, 0.15) is 22.2 Å². The van der Waals surface area contributed by atoms with E-state index in [1.54, 1.807) is 17.5 Å². The van der Waals surface area contributed by atoms with Gasteiger partial charge in [0.1, 0.15) is 0 Å². The summed E-state index contributed by atoms with van der Waals surface area (Å²) in [4.78, 5) is 5.46. The van der Waals surface area contributed by atoms with Crippen molar-refractivity contribution in [3.05, 3.63) is 52.0 Å². The molecule has 2 nitrogen and oxygen atoms in total. The fourth-order valence-electron chi connectivity index (χ4n) is 1.40. The number of aromatic nitrogens is 1. The molecular weight excluding hydrogens is 192 g/mol. The van der Waals surface area contributed by atoms with Crippen LogP contribution in [0.5, 0.6) is 0 Å². The Balaban J connectivity index is 2.34. The van der Waals surface area contributed by atoms with Crippen LogP contribution >= 0.6 is 11.3 Å². The molecule has 2 N–H and O–H groups in total. The summed E-state index contributed by atoms with van der Waals surface area (Å²) in [6, 6.07) is 7.83. The number of aryl methyl sites for hydroxylation is 1. The summed E-state index contributed by atoms with van der Waals surface area (Å²) >= 11 is 1.69. The number of nitrogens with two attached hydrogens (primary N) is 1. The minimum Gasteiger partial charge on any atom is -0.318 e. The second-order valence-corrected chi connectivity index (χ2v) is 4.15. The first-order valence-corrected chi connectivity index (χ1v) is 5.37. The zero-order chi connectivity index (χ0) is 9.97. The second kappa shape index (κ2) is 3.90. The van der Waals surface area contributed by atoms with Crippen molar-refractivity contribution in [2.75, 3.05) is 0 Å². The van der Waals surface area contributed by atoms with Crippen molar-refractivity contribution in [2.45, 2.75) is 13.0 Å². The normalized spacial score (nSPS) is 12.7. The summed E-state index contributed by atoms with van der Waals surface area (Å²) in [5.41, 5.74) is 8.28. The lowest BCUT2D eigenvalue weighted by molar-refractivity contribution is 0.840. The number of hydrogen-bond acceptors (Lipinski definition) is 3. The fraction of sp³-hybridized carbons (Fsp3) is 0.182. The van der Waals surface area contributed by atoms with Crippen molar-refractivity contribution >= 4 is 11.3 Å². The number of rotatable bonds is 2. The second-order valence-electron chi connectivity index (χ2n) is 3.20. The third-order valence-electron chi connectivity index (χ3n) is 2.19. The average Bonchev–Trinajstić information content (AvgIpc) is 2.65. The number of hydrogen-bond donors (Lipinski definition) is 1. The van der Waals surface area contributed by atoms with E-state index in [4.69, 9.17) is 5.73 Å². The van der Waals surface area contributed by atoms with E-state index in [9.17, 15) is 0 Å². The fourth-order valence-corrected chi connectivity index (χ4v) is 2.34. The van der Waals surface area contributed by atoms with Crippen LogP contribution < -0.4 is 5.73 Å². The Hall–Kier alpha value is -1.19. The Kier molecular flexibility index (Phi) is 2.61. The van der Waals surface area contributed by atoms with Crippen LogP contribution in [0.3, 0.4) is 0 Å². The Labute approximate surface area is 87.4 Å². The Morgan fingerprint density at radius 2 is 2.21 bits per heavy atom. The molecule has 2 aromatic heterocycles. The van der Waals surface area contributed by atoms with Crippen molar-refractivity contribution in [1.82, 2.24) is 4.98 Å². The van der Waals surface area contributed by atoms with E-state index >= 15 is 0 Å². The van der Waals surface area contributed by atoms with Gasteiger partial charge in [0.15, 0.2) is 0 Å². The molecule has 1 unspecified atom stereocenters. The van der Waals surface area contributed by atoms with E-state index in [1.165, 1.54) is 10.4 Å². The van der Waals surface area contributed by atoms with Gasteiger partial charge < -0.3 is 5.73 Å². The lowest BCUT2D eigenvalue weighted by Crippen LogP contribution is -2.12. The van der Waals surface area contributed by atoms with Gasteiger partial charge in [-0.05, 0) is 36.1 Å². The molecular formula is C11H12N2S. The summed E-state index contributed by atoms with van der Waals surface area (Å²) < 4.78 is 0. The average molecular weight is 204 g/mol. The van der Waals surface area contributed by atoms with Crippen LogP contribution in [0.15, 0.2) is 35.8 Å². The lowest BCUT2D eigenvalue weighted by Gasteiger charge is -2.09. The van der Waals surface area contributed by atoms with Gasteiger partial charge in [0, 0.05) is 11.1 Å². The summed E-state index contributed by atoms with van der Waals surface area (Å²) in [7, 11) is 0. The van der Waals surface area contributed by atoms with Gasteiger partial charge in [0.05, 0.1) is 11.7 Å². The highest BCUT2D eigenvalue weighted by Crippen LogP contribution is 2.25. The highest BCUT2D eigenvalue weighted by molar-refractivity contribution is 7.10. The van der Waals surface area contributed by atoms with Gasteiger partial charge in [-0.1, -0.05) is 6.07 Å². The molecule has 14 heavy (non-hydrogen) atoms. The number of nitrogens with zero attached hydrogens (tertiary/aromatic N) is 1. The van der Waals surface area contributed by atoms with Gasteiger partial charge in [-0.15, -0.1) is 11.3 Å². The molecule has 2 aromatic rings. The van der Waals surface area contributed by atoms with Crippen LogP contribution in [0.25, 0.3) is 0 Å². The molecule has 0 spiro atoms. The van der Waals surface area contributed by atoms with E-state index in [0.29, 0.717) is 0 Å². The maximum Gasteiger partial charge on any atom is 0.0822 e. The third-order valence-corrected chi connectivity index (χ3v) is 3.29. The molecule has 0 fully saturated rings. The van der Waals surface area contributed by atoms with Gasteiger partial charge in [-0.3, -0.25) is 4.98 Å². The molecule has 0 aromatic carbocycles. The third kappa shape index (κ3) is 1.69. The van der Waals surface area contributed by atoms with Crippen molar-refractivity contribution in [3.8, 4) is 0 Å².